The molecule has 1 aromatic rings. The summed E-state index contributed by atoms with van der Waals surface area (Å²) in [4.78, 5) is 14.7. The first kappa shape index (κ1) is 14.1. The van der Waals surface area contributed by atoms with Gasteiger partial charge in [-0.2, -0.15) is 0 Å². The average molecular weight is 357 g/mol. The van der Waals surface area contributed by atoms with Crippen LogP contribution in [0.2, 0.25) is 0 Å². The molecule has 0 aromatic carbocycles. The molecule has 4 nitrogen and oxygen atoms in total. The molecule has 7 heteroatoms. The Balaban J connectivity index is 3.01. The fraction of sp³-hybridized carbons (Fsp3) is 0.400. The molecular weight excluding hydrogens is 347 g/mol. The summed E-state index contributed by atoms with van der Waals surface area (Å²) in [5.41, 5.74) is -0.371. The van der Waals surface area contributed by atoms with Crippen LogP contribution in [0.25, 0.3) is 0 Å². The van der Waals surface area contributed by atoms with Crippen LogP contribution in [0.15, 0.2) is 6.07 Å². The smallest absolute Gasteiger partial charge is 0.310 e. The predicted octanol–water partition coefficient (Wildman–Crippen LogP) is 2.44. The highest BCUT2D eigenvalue weighted by molar-refractivity contribution is 14.1. The fourth-order valence-electron chi connectivity index (χ4n) is 1.19. The number of hydrogen-bond donors (Lipinski definition) is 1. The van der Waals surface area contributed by atoms with E-state index in [4.69, 9.17) is 0 Å². The molecule has 0 radical (unpaired) electrons. The van der Waals surface area contributed by atoms with Crippen molar-refractivity contribution in [2.24, 2.45) is 0 Å². The van der Waals surface area contributed by atoms with Gasteiger partial charge in [0, 0.05) is 5.56 Å². The molecule has 0 aliphatic carbocycles. The Bertz CT molecular complexity index is 426. The van der Waals surface area contributed by atoms with Crippen molar-refractivity contribution in [1.82, 2.24) is 4.98 Å². The van der Waals surface area contributed by atoms with Gasteiger partial charge in [-0.15, -0.1) is 0 Å². The molecule has 0 aliphatic heterocycles. The summed E-state index contributed by atoms with van der Waals surface area (Å²) in [6.07, 6.45) is -3.00. The molecule has 0 aliphatic rings. The molecule has 0 saturated heterocycles. The third-order valence-corrected chi connectivity index (χ3v) is 2.66. The number of rotatable bonds is 4. The molecule has 0 amide bonds. The van der Waals surface area contributed by atoms with Gasteiger partial charge in [-0.05, 0) is 35.6 Å². The lowest BCUT2D eigenvalue weighted by molar-refractivity contribution is -0.142. The van der Waals surface area contributed by atoms with Crippen LogP contribution in [0.5, 0.6) is 5.75 Å². The number of aromatic hydroxyl groups is 1. The number of pyridine rings is 1. The quantitative estimate of drug-likeness (QED) is 0.511. The summed E-state index contributed by atoms with van der Waals surface area (Å²) in [6.45, 7) is 1.84. The van der Waals surface area contributed by atoms with Crippen LogP contribution in [-0.4, -0.2) is 22.7 Å². The van der Waals surface area contributed by atoms with Crippen molar-refractivity contribution in [3.8, 4) is 5.75 Å². The maximum Gasteiger partial charge on any atom is 0.310 e. The van der Waals surface area contributed by atoms with Gasteiger partial charge in [-0.3, -0.25) is 4.79 Å². The second-order valence-electron chi connectivity index (χ2n) is 3.13. The van der Waals surface area contributed by atoms with E-state index >= 15 is 0 Å². The summed E-state index contributed by atoms with van der Waals surface area (Å²) in [5, 5.41) is 9.60. The Morgan fingerprint density at radius 3 is 2.82 bits per heavy atom. The zero-order valence-electron chi connectivity index (χ0n) is 8.91. The van der Waals surface area contributed by atoms with Crippen molar-refractivity contribution < 1.29 is 23.4 Å². The molecule has 94 valence electrons. The SMILES string of the molecule is CCOC(=O)Cc1cc(C(F)F)nc(I)c1O. The summed E-state index contributed by atoms with van der Waals surface area (Å²) in [5.74, 6) is -0.840. The van der Waals surface area contributed by atoms with Gasteiger partial charge in [0.05, 0.1) is 13.0 Å². The average Bonchev–Trinajstić information content (AvgIpc) is 2.24. The van der Waals surface area contributed by atoms with Gasteiger partial charge in [0.2, 0.25) is 0 Å². The van der Waals surface area contributed by atoms with Crippen molar-refractivity contribution in [2.75, 3.05) is 6.61 Å². The summed E-state index contributed by atoms with van der Waals surface area (Å²) < 4.78 is 29.7. The Morgan fingerprint density at radius 2 is 2.29 bits per heavy atom. The van der Waals surface area contributed by atoms with Crippen LogP contribution in [-0.2, 0) is 16.0 Å². The molecule has 0 spiro atoms. The number of aromatic nitrogens is 1. The minimum absolute atomic E-state index is 0.0414. The minimum Gasteiger partial charge on any atom is -0.505 e. The molecule has 1 heterocycles. The van der Waals surface area contributed by atoms with E-state index in [9.17, 15) is 18.7 Å². The van der Waals surface area contributed by atoms with Crippen LogP contribution in [0.1, 0.15) is 24.6 Å². The molecule has 1 aromatic heterocycles. The number of esters is 1. The molecular formula is C10H10F2INO3. The maximum atomic E-state index is 12.5. The number of nitrogens with zero attached hydrogens (tertiary/aromatic N) is 1. The Kier molecular flexibility index (Phi) is 5.03. The Morgan fingerprint density at radius 1 is 1.65 bits per heavy atom. The van der Waals surface area contributed by atoms with Gasteiger partial charge in [-0.25, -0.2) is 13.8 Å². The second-order valence-corrected chi connectivity index (χ2v) is 4.15. The van der Waals surface area contributed by atoms with Crippen LogP contribution in [0.4, 0.5) is 8.78 Å². The first-order valence-corrected chi connectivity index (χ1v) is 5.85. The van der Waals surface area contributed by atoms with E-state index in [0.717, 1.165) is 6.07 Å². The second kappa shape index (κ2) is 6.08. The van der Waals surface area contributed by atoms with Gasteiger partial charge < -0.3 is 9.84 Å². The zero-order valence-corrected chi connectivity index (χ0v) is 11.1. The molecule has 17 heavy (non-hydrogen) atoms. The molecule has 0 unspecified atom stereocenters. The number of halogens is 3. The Labute approximate surface area is 110 Å². The van der Waals surface area contributed by atoms with Gasteiger partial charge in [0.25, 0.3) is 6.43 Å². The lowest BCUT2D eigenvalue weighted by Gasteiger charge is -2.08. The normalized spacial score (nSPS) is 10.6. The highest BCUT2D eigenvalue weighted by Gasteiger charge is 2.18. The third kappa shape index (κ3) is 3.76. The summed E-state index contributed by atoms with van der Waals surface area (Å²) in [7, 11) is 0. The van der Waals surface area contributed by atoms with E-state index in [1.807, 2.05) is 0 Å². The molecule has 0 atom stereocenters. The number of ether oxygens (including phenoxy) is 1. The largest absolute Gasteiger partial charge is 0.505 e. The van der Waals surface area contributed by atoms with Crippen molar-refractivity contribution in [3.63, 3.8) is 0 Å². The van der Waals surface area contributed by atoms with Crippen LogP contribution < -0.4 is 0 Å². The van der Waals surface area contributed by atoms with E-state index < -0.39 is 18.1 Å². The standard InChI is InChI=1S/C10H10F2INO3/c1-2-17-7(15)4-5-3-6(9(11)12)14-10(13)8(5)16/h3,9,16H,2,4H2,1H3. The molecule has 1 rings (SSSR count). The molecule has 0 fully saturated rings. The van der Waals surface area contributed by atoms with Crippen LogP contribution in [0.3, 0.4) is 0 Å². The van der Waals surface area contributed by atoms with Crippen molar-refractivity contribution in [2.45, 2.75) is 19.8 Å². The number of hydrogen-bond acceptors (Lipinski definition) is 4. The lowest BCUT2D eigenvalue weighted by atomic mass is 10.1. The van der Waals surface area contributed by atoms with Crippen molar-refractivity contribution in [3.05, 3.63) is 21.0 Å². The highest BCUT2D eigenvalue weighted by Crippen LogP contribution is 2.28. The molecule has 0 saturated carbocycles. The fourth-order valence-corrected chi connectivity index (χ4v) is 1.82. The van der Waals surface area contributed by atoms with E-state index in [0.29, 0.717) is 0 Å². The maximum absolute atomic E-state index is 12.5. The molecule has 0 bridgehead atoms. The monoisotopic (exact) mass is 357 g/mol. The zero-order chi connectivity index (χ0) is 13.0. The van der Waals surface area contributed by atoms with E-state index in [-0.39, 0.29) is 28.0 Å². The number of carbonyl (C=O) groups excluding carboxylic acids is 1. The van der Waals surface area contributed by atoms with Gasteiger partial charge in [0.1, 0.15) is 9.39 Å². The van der Waals surface area contributed by atoms with E-state index in [2.05, 4.69) is 9.72 Å². The van der Waals surface area contributed by atoms with E-state index in [1.54, 1.807) is 29.5 Å². The Hall–Kier alpha value is -0.990. The number of alkyl halides is 2. The summed E-state index contributed by atoms with van der Waals surface area (Å²) >= 11 is 1.63. The van der Waals surface area contributed by atoms with Gasteiger partial charge in [0.15, 0.2) is 5.75 Å². The van der Waals surface area contributed by atoms with Gasteiger partial charge >= 0.3 is 5.97 Å². The van der Waals surface area contributed by atoms with Crippen LogP contribution in [0, 0.1) is 3.70 Å². The summed E-state index contributed by atoms with van der Waals surface area (Å²) in [6, 6.07) is 1.01. The first-order chi connectivity index (χ1) is 7.95. The minimum atomic E-state index is -2.75. The highest BCUT2D eigenvalue weighted by atomic mass is 127. The van der Waals surface area contributed by atoms with Crippen LogP contribution >= 0.6 is 22.6 Å². The third-order valence-electron chi connectivity index (χ3n) is 1.91. The van der Waals surface area contributed by atoms with Gasteiger partial charge in [-0.1, -0.05) is 0 Å². The molecule has 1 N–H and O–H groups in total. The lowest BCUT2D eigenvalue weighted by Crippen LogP contribution is -2.09. The topological polar surface area (TPSA) is 59.4 Å². The first-order valence-electron chi connectivity index (χ1n) is 4.77. The van der Waals surface area contributed by atoms with Crippen molar-refractivity contribution in [1.29, 1.82) is 0 Å². The van der Waals surface area contributed by atoms with E-state index in [1.165, 1.54) is 0 Å². The number of carbonyl (C=O) groups is 1. The van der Waals surface area contributed by atoms with Crippen molar-refractivity contribution >= 4 is 28.6 Å². The predicted molar refractivity (Wildman–Crippen MR) is 63.9 cm³/mol.